The minimum Gasteiger partial charge on any atom is -0.444 e. The molecule has 2 aliphatic rings. The molecule has 0 radical (unpaired) electrons. The fourth-order valence-corrected chi connectivity index (χ4v) is 3.06. The van der Waals surface area contributed by atoms with Crippen LogP contribution in [0.15, 0.2) is 0 Å². The number of carbonyl (C=O) groups excluding carboxylic acids is 1. The fourth-order valence-electron chi connectivity index (χ4n) is 3.06. The Balaban J connectivity index is 1.83. The molecule has 5 nitrogen and oxygen atoms in total. The predicted molar refractivity (Wildman–Crippen MR) is 82.3 cm³/mol. The highest BCUT2D eigenvalue weighted by molar-refractivity contribution is 5.68. The number of methoxy groups -OCH3 is 1. The van der Waals surface area contributed by atoms with Crippen LogP contribution in [0.2, 0.25) is 0 Å². The van der Waals surface area contributed by atoms with Crippen LogP contribution in [0, 0.1) is 5.92 Å². The van der Waals surface area contributed by atoms with Gasteiger partial charge in [-0.2, -0.15) is 0 Å². The van der Waals surface area contributed by atoms with Crippen molar-refractivity contribution in [3.8, 4) is 0 Å². The van der Waals surface area contributed by atoms with Gasteiger partial charge in [-0.1, -0.05) is 0 Å². The van der Waals surface area contributed by atoms with E-state index in [9.17, 15) is 4.79 Å². The smallest absolute Gasteiger partial charge is 0.407 e. The van der Waals surface area contributed by atoms with Crippen molar-refractivity contribution >= 4 is 6.09 Å². The summed E-state index contributed by atoms with van der Waals surface area (Å²) in [6, 6.07) is 0.914. The van der Waals surface area contributed by atoms with Crippen LogP contribution >= 0.6 is 0 Å². The lowest BCUT2D eigenvalue weighted by Crippen LogP contribution is -2.52. The third-order valence-corrected chi connectivity index (χ3v) is 4.18. The normalized spacial score (nSPS) is 27.4. The van der Waals surface area contributed by atoms with Crippen LogP contribution in [-0.4, -0.2) is 43.5 Å². The van der Waals surface area contributed by atoms with E-state index in [4.69, 9.17) is 9.47 Å². The molecular weight excluding hydrogens is 268 g/mol. The average molecular weight is 298 g/mol. The molecule has 2 saturated carbocycles. The van der Waals surface area contributed by atoms with E-state index in [1.165, 1.54) is 12.8 Å². The molecule has 0 bridgehead atoms. The van der Waals surface area contributed by atoms with Crippen LogP contribution in [0.4, 0.5) is 4.79 Å². The summed E-state index contributed by atoms with van der Waals surface area (Å²) < 4.78 is 10.7. The zero-order valence-electron chi connectivity index (χ0n) is 13.8. The molecule has 21 heavy (non-hydrogen) atoms. The maximum Gasteiger partial charge on any atom is 0.407 e. The SMILES string of the molecule is COCC(NC1CCCC1NC(=O)OC(C)(C)C)C1CC1. The first-order valence-electron chi connectivity index (χ1n) is 8.13. The quantitative estimate of drug-likeness (QED) is 0.791. The molecule has 3 unspecified atom stereocenters. The Morgan fingerprint density at radius 2 is 1.86 bits per heavy atom. The van der Waals surface area contributed by atoms with E-state index >= 15 is 0 Å². The van der Waals surface area contributed by atoms with Crippen molar-refractivity contribution in [1.82, 2.24) is 10.6 Å². The molecule has 3 atom stereocenters. The summed E-state index contributed by atoms with van der Waals surface area (Å²) in [7, 11) is 1.75. The lowest BCUT2D eigenvalue weighted by molar-refractivity contribution is 0.0494. The van der Waals surface area contributed by atoms with E-state index in [-0.39, 0.29) is 12.1 Å². The maximum atomic E-state index is 11.9. The second-order valence-electron chi connectivity index (χ2n) is 7.36. The molecule has 2 fully saturated rings. The lowest BCUT2D eigenvalue weighted by atomic mass is 10.1. The molecule has 0 aromatic rings. The standard InChI is InChI=1S/C16H30N2O3/c1-16(2,3)21-15(19)18-13-7-5-6-12(13)17-14(10-20-4)11-8-9-11/h11-14,17H,5-10H2,1-4H3,(H,18,19). The van der Waals surface area contributed by atoms with Crippen molar-refractivity contribution in [3.63, 3.8) is 0 Å². The number of rotatable bonds is 6. The van der Waals surface area contributed by atoms with Gasteiger partial charge in [-0.25, -0.2) is 4.79 Å². The monoisotopic (exact) mass is 298 g/mol. The molecule has 0 aromatic carbocycles. The van der Waals surface area contributed by atoms with Crippen LogP contribution in [0.3, 0.4) is 0 Å². The third-order valence-electron chi connectivity index (χ3n) is 4.18. The highest BCUT2D eigenvalue weighted by atomic mass is 16.6. The van der Waals surface area contributed by atoms with Gasteiger partial charge in [-0.05, 0) is 58.8 Å². The molecule has 2 N–H and O–H groups in total. The number of alkyl carbamates (subject to hydrolysis) is 1. The van der Waals surface area contributed by atoms with Gasteiger partial charge in [0.05, 0.1) is 6.61 Å². The summed E-state index contributed by atoms with van der Waals surface area (Å²) in [5.41, 5.74) is -0.446. The Labute approximate surface area is 128 Å². The number of carbonyl (C=O) groups is 1. The number of amides is 1. The number of ether oxygens (including phenoxy) is 2. The highest BCUT2D eigenvalue weighted by Crippen LogP contribution is 2.34. The second-order valence-corrected chi connectivity index (χ2v) is 7.36. The van der Waals surface area contributed by atoms with Crippen LogP contribution < -0.4 is 10.6 Å². The summed E-state index contributed by atoms with van der Waals surface area (Å²) in [5.74, 6) is 0.743. The van der Waals surface area contributed by atoms with E-state index in [0.29, 0.717) is 12.1 Å². The van der Waals surface area contributed by atoms with Crippen molar-refractivity contribution in [2.75, 3.05) is 13.7 Å². The maximum absolute atomic E-state index is 11.9. The van der Waals surface area contributed by atoms with Crippen LogP contribution in [-0.2, 0) is 9.47 Å². The Morgan fingerprint density at radius 1 is 1.19 bits per heavy atom. The molecule has 1 amide bonds. The largest absolute Gasteiger partial charge is 0.444 e. The first-order chi connectivity index (χ1) is 9.89. The Hall–Kier alpha value is -0.810. The minimum atomic E-state index is -0.446. The Bertz CT molecular complexity index is 350. The molecule has 0 aromatic heterocycles. The summed E-state index contributed by atoms with van der Waals surface area (Å²) >= 11 is 0. The zero-order valence-corrected chi connectivity index (χ0v) is 13.8. The van der Waals surface area contributed by atoms with Gasteiger partial charge in [0.15, 0.2) is 0 Å². The van der Waals surface area contributed by atoms with Crippen molar-refractivity contribution in [3.05, 3.63) is 0 Å². The average Bonchev–Trinajstić information content (AvgIpc) is 3.11. The number of hydrogen-bond donors (Lipinski definition) is 2. The summed E-state index contributed by atoms with van der Waals surface area (Å²) in [6.45, 7) is 6.41. The molecule has 122 valence electrons. The van der Waals surface area contributed by atoms with E-state index in [0.717, 1.165) is 31.8 Å². The summed E-state index contributed by atoms with van der Waals surface area (Å²) in [5, 5.41) is 6.73. The first-order valence-corrected chi connectivity index (χ1v) is 8.13. The highest BCUT2D eigenvalue weighted by Gasteiger charge is 2.36. The Kier molecular flexibility index (Phi) is 5.49. The molecule has 5 heteroatoms. The topological polar surface area (TPSA) is 59.6 Å². The number of hydrogen-bond acceptors (Lipinski definition) is 4. The van der Waals surface area contributed by atoms with Crippen molar-refractivity contribution in [2.24, 2.45) is 5.92 Å². The van der Waals surface area contributed by atoms with Crippen molar-refractivity contribution < 1.29 is 14.3 Å². The zero-order chi connectivity index (χ0) is 15.5. The first kappa shape index (κ1) is 16.6. The van der Waals surface area contributed by atoms with Crippen LogP contribution in [0.25, 0.3) is 0 Å². The predicted octanol–water partition coefficient (Wildman–Crippen LogP) is 2.45. The van der Waals surface area contributed by atoms with Gasteiger partial charge in [0.25, 0.3) is 0 Å². The van der Waals surface area contributed by atoms with Crippen LogP contribution in [0.5, 0.6) is 0 Å². The van der Waals surface area contributed by atoms with Gasteiger partial charge < -0.3 is 20.1 Å². The van der Waals surface area contributed by atoms with Gasteiger partial charge in [0.1, 0.15) is 5.60 Å². The second kappa shape index (κ2) is 6.97. The molecule has 2 rings (SSSR count). The van der Waals surface area contributed by atoms with E-state index in [1.54, 1.807) is 7.11 Å². The lowest BCUT2D eigenvalue weighted by Gasteiger charge is -2.28. The van der Waals surface area contributed by atoms with Crippen LogP contribution in [0.1, 0.15) is 52.9 Å². The third kappa shape index (κ3) is 5.47. The van der Waals surface area contributed by atoms with E-state index in [2.05, 4.69) is 10.6 Å². The summed E-state index contributed by atoms with van der Waals surface area (Å²) in [6.07, 6.45) is 5.53. The van der Waals surface area contributed by atoms with Crippen molar-refractivity contribution in [1.29, 1.82) is 0 Å². The van der Waals surface area contributed by atoms with E-state index < -0.39 is 5.60 Å². The van der Waals surface area contributed by atoms with E-state index in [1.807, 2.05) is 20.8 Å². The fraction of sp³-hybridized carbons (Fsp3) is 0.938. The molecule has 2 aliphatic carbocycles. The minimum absolute atomic E-state index is 0.165. The van der Waals surface area contributed by atoms with Gasteiger partial charge in [-0.3, -0.25) is 0 Å². The molecule has 0 saturated heterocycles. The molecule has 0 spiro atoms. The van der Waals surface area contributed by atoms with Gasteiger partial charge in [0, 0.05) is 25.2 Å². The van der Waals surface area contributed by atoms with Gasteiger partial charge in [-0.15, -0.1) is 0 Å². The van der Waals surface area contributed by atoms with Crippen molar-refractivity contribution in [2.45, 2.75) is 76.6 Å². The molecule has 0 heterocycles. The number of nitrogens with one attached hydrogen (secondary N) is 2. The Morgan fingerprint density at radius 3 is 2.43 bits per heavy atom. The van der Waals surface area contributed by atoms with Gasteiger partial charge in [0.2, 0.25) is 0 Å². The summed E-state index contributed by atoms with van der Waals surface area (Å²) in [4.78, 5) is 11.9. The molecule has 0 aliphatic heterocycles. The van der Waals surface area contributed by atoms with Gasteiger partial charge >= 0.3 is 6.09 Å². The molecular formula is C16H30N2O3.